The second-order valence-electron chi connectivity index (χ2n) is 7.06. The largest absolute Gasteiger partial charge is 0.494 e. The van der Waals surface area contributed by atoms with E-state index < -0.39 is 0 Å². The number of ether oxygens (including phenoxy) is 1. The van der Waals surface area contributed by atoms with E-state index in [-0.39, 0.29) is 24.4 Å². The topological polar surface area (TPSA) is 54.7 Å². The van der Waals surface area contributed by atoms with Crippen molar-refractivity contribution in [2.24, 2.45) is 0 Å². The Morgan fingerprint density at radius 3 is 2.57 bits per heavy atom. The van der Waals surface area contributed by atoms with Crippen molar-refractivity contribution in [3.8, 4) is 5.75 Å². The Balaban J connectivity index is 0.00000280. The number of likely N-dealkylation sites (tertiary alicyclic amines) is 1. The first-order chi connectivity index (χ1) is 13.3. The van der Waals surface area contributed by atoms with Crippen molar-refractivity contribution in [1.29, 1.82) is 0 Å². The first kappa shape index (κ1) is 22.3. The van der Waals surface area contributed by atoms with Gasteiger partial charge in [0.15, 0.2) is 0 Å². The fourth-order valence-electron chi connectivity index (χ4n) is 3.48. The van der Waals surface area contributed by atoms with Gasteiger partial charge in [-0.3, -0.25) is 9.69 Å². The van der Waals surface area contributed by atoms with Crippen LogP contribution in [-0.2, 0) is 0 Å². The van der Waals surface area contributed by atoms with Crippen LogP contribution < -0.4 is 10.1 Å². The van der Waals surface area contributed by atoms with E-state index in [2.05, 4.69) is 17.1 Å². The maximum Gasteiger partial charge on any atom is 0.251 e. The summed E-state index contributed by atoms with van der Waals surface area (Å²) < 4.78 is 11.3. The summed E-state index contributed by atoms with van der Waals surface area (Å²) in [6.07, 6.45) is 7.51. The van der Waals surface area contributed by atoms with Gasteiger partial charge < -0.3 is 14.5 Å². The van der Waals surface area contributed by atoms with Crippen LogP contribution in [0.4, 0.5) is 0 Å². The second-order valence-corrected chi connectivity index (χ2v) is 7.06. The molecule has 1 aromatic heterocycles. The summed E-state index contributed by atoms with van der Waals surface area (Å²) in [7, 11) is 0. The van der Waals surface area contributed by atoms with E-state index in [4.69, 9.17) is 9.15 Å². The molecule has 2 heterocycles. The summed E-state index contributed by atoms with van der Waals surface area (Å²) in [6.45, 7) is 5.53. The van der Waals surface area contributed by atoms with Crippen LogP contribution in [0.1, 0.15) is 61.2 Å². The summed E-state index contributed by atoms with van der Waals surface area (Å²) in [5, 5.41) is 3.06. The van der Waals surface area contributed by atoms with Crippen LogP contribution in [0.2, 0.25) is 0 Å². The fourth-order valence-corrected chi connectivity index (χ4v) is 3.48. The van der Waals surface area contributed by atoms with E-state index in [9.17, 15) is 4.79 Å². The quantitative estimate of drug-likeness (QED) is 0.574. The first-order valence-electron chi connectivity index (χ1n) is 10.1. The maximum atomic E-state index is 12.5. The molecule has 0 radical (unpaired) electrons. The van der Waals surface area contributed by atoms with E-state index in [0.717, 1.165) is 37.6 Å². The Kier molecular flexibility index (Phi) is 9.38. The van der Waals surface area contributed by atoms with Gasteiger partial charge in [-0.15, -0.1) is 12.4 Å². The molecule has 1 atom stereocenters. The molecule has 1 aliphatic heterocycles. The van der Waals surface area contributed by atoms with Crippen molar-refractivity contribution < 1.29 is 13.9 Å². The molecule has 1 saturated heterocycles. The number of furan rings is 1. The highest BCUT2D eigenvalue weighted by atomic mass is 35.5. The van der Waals surface area contributed by atoms with Crippen LogP contribution in [-0.4, -0.2) is 37.0 Å². The van der Waals surface area contributed by atoms with Gasteiger partial charge in [0.05, 0.1) is 18.9 Å². The molecule has 0 aliphatic carbocycles. The van der Waals surface area contributed by atoms with Crippen molar-refractivity contribution in [2.75, 3.05) is 26.2 Å². The van der Waals surface area contributed by atoms with E-state index in [1.54, 1.807) is 6.26 Å². The zero-order valence-electron chi connectivity index (χ0n) is 16.6. The number of unbranched alkanes of at least 4 members (excludes halogenated alkanes) is 2. The third-order valence-electron chi connectivity index (χ3n) is 5.04. The van der Waals surface area contributed by atoms with Crippen LogP contribution >= 0.6 is 12.4 Å². The van der Waals surface area contributed by atoms with Crippen molar-refractivity contribution in [2.45, 2.75) is 45.1 Å². The minimum Gasteiger partial charge on any atom is -0.494 e. The van der Waals surface area contributed by atoms with Gasteiger partial charge in [-0.25, -0.2) is 0 Å². The molecule has 154 valence electrons. The molecule has 1 aromatic carbocycles. The zero-order valence-corrected chi connectivity index (χ0v) is 17.4. The predicted octanol–water partition coefficient (Wildman–Crippen LogP) is 4.84. The average Bonchev–Trinajstić information content (AvgIpc) is 3.40. The molecular formula is C22H31ClN2O3. The summed E-state index contributed by atoms with van der Waals surface area (Å²) in [5.41, 5.74) is 0.649. The molecule has 1 N–H and O–H groups in total. The number of nitrogens with one attached hydrogen (secondary N) is 1. The van der Waals surface area contributed by atoms with Crippen LogP contribution in [0.15, 0.2) is 47.1 Å². The molecule has 0 saturated carbocycles. The molecule has 0 spiro atoms. The highest BCUT2D eigenvalue weighted by molar-refractivity contribution is 5.94. The van der Waals surface area contributed by atoms with Gasteiger partial charge in [0.1, 0.15) is 11.5 Å². The summed E-state index contributed by atoms with van der Waals surface area (Å²) >= 11 is 0. The van der Waals surface area contributed by atoms with Gasteiger partial charge >= 0.3 is 0 Å². The summed E-state index contributed by atoms with van der Waals surface area (Å²) in [5.74, 6) is 1.66. The van der Waals surface area contributed by atoms with Crippen LogP contribution in [0.5, 0.6) is 5.75 Å². The lowest BCUT2D eigenvalue weighted by molar-refractivity contribution is 0.0933. The molecule has 1 fully saturated rings. The van der Waals surface area contributed by atoms with E-state index in [1.807, 2.05) is 36.4 Å². The molecule has 2 aromatic rings. The number of hydrogen-bond acceptors (Lipinski definition) is 4. The lowest BCUT2D eigenvalue weighted by Gasteiger charge is -2.26. The first-order valence-corrected chi connectivity index (χ1v) is 10.1. The predicted molar refractivity (Wildman–Crippen MR) is 113 cm³/mol. The number of nitrogens with zero attached hydrogens (tertiary/aromatic N) is 1. The van der Waals surface area contributed by atoms with E-state index in [0.29, 0.717) is 12.1 Å². The average molecular weight is 407 g/mol. The van der Waals surface area contributed by atoms with Crippen LogP contribution in [0, 0.1) is 0 Å². The summed E-state index contributed by atoms with van der Waals surface area (Å²) in [6, 6.07) is 11.4. The number of amides is 1. The lowest BCUT2D eigenvalue weighted by Crippen LogP contribution is -2.36. The Bertz CT molecular complexity index is 682. The minimum absolute atomic E-state index is 0. The van der Waals surface area contributed by atoms with Crippen molar-refractivity contribution in [1.82, 2.24) is 10.2 Å². The zero-order chi connectivity index (χ0) is 18.9. The highest BCUT2D eigenvalue weighted by Gasteiger charge is 2.26. The number of rotatable bonds is 10. The molecule has 3 rings (SSSR count). The molecular weight excluding hydrogens is 376 g/mol. The van der Waals surface area contributed by atoms with Crippen LogP contribution in [0.25, 0.3) is 0 Å². The monoisotopic (exact) mass is 406 g/mol. The Hall–Kier alpha value is -1.98. The fraction of sp³-hybridized carbons (Fsp3) is 0.500. The molecule has 5 nitrogen and oxygen atoms in total. The molecule has 6 heteroatoms. The Labute approximate surface area is 173 Å². The molecule has 0 bridgehead atoms. The second kappa shape index (κ2) is 11.8. The van der Waals surface area contributed by atoms with Gasteiger partial charge in [-0.1, -0.05) is 19.8 Å². The summed E-state index contributed by atoms with van der Waals surface area (Å²) in [4.78, 5) is 14.9. The van der Waals surface area contributed by atoms with Crippen LogP contribution in [0.3, 0.4) is 0 Å². The molecule has 28 heavy (non-hydrogen) atoms. The van der Waals surface area contributed by atoms with Gasteiger partial charge in [-0.05, 0) is 68.8 Å². The van der Waals surface area contributed by atoms with Gasteiger partial charge in [0.25, 0.3) is 5.91 Å². The van der Waals surface area contributed by atoms with Gasteiger partial charge in [0, 0.05) is 12.1 Å². The van der Waals surface area contributed by atoms with Gasteiger partial charge in [0.2, 0.25) is 0 Å². The third-order valence-corrected chi connectivity index (χ3v) is 5.04. The van der Waals surface area contributed by atoms with E-state index >= 15 is 0 Å². The Morgan fingerprint density at radius 2 is 1.93 bits per heavy atom. The normalized spacial score (nSPS) is 15.0. The standard InChI is InChI=1S/C22H30N2O3.ClH/c1-2-3-6-15-26-19-11-9-18(10-12-19)22(25)23-17-20(21-8-7-16-27-21)24-13-4-5-14-24;/h7-12,16,20H,2-6,13-15,17H2,1H3,(H,23,25);1H. The maximum absolute atomic E-state index is 12.5. The minimum atomic E-state index is -0.0664. The number of hydrogen-bond donors (Lipinski definition) is 1. The number of carbonyl (C=O) groups excluding carboxylic acids is 1. The molecule has 1 aliphatic rings. The smallest absolute Gasteiger partial charge is 0.251 e. The highest BCUT2D eigenvalue weighted by Crippen LogP contribution is 2.25. The number of carbonyl (C=O) groups is 1. The van der Waals surface area contributed by atoms with Crippen molar-refractivity contribution >= 4 is 18.3 Å². The van der Waals surface area contributed by atoms with E-state index in [1.165, 1.54) is 25.7 Å². The van der Waals surface area contributed by atoms with Gasteiger partial charge in [-0.2, -0.15) is 0 Å². The molecule has 1 amide bonds. The van der Waals surface area contributed by atoms with Crippen molar-refractivity contribution in [3.63, 3.8) is 0 Å². The Morgan fingerprint density at radius 1 is 1.18 bits per heavy atom. The third kappa shape index (κ3) is 6.28. The van der Waals surface area contributed by atoms with Crippen molar-refractivity contribution in [3.05, 3.63) is 54.0 Å². The number of benzene rings is 1. The molecule has 1 unspecified atom stereocenters. The lowest BCUT2D eigenvalue weighted by atomic mass is 10.1. The SMILES string of the molecule is CCCCCOc1ccc(C(=O)NCC(c2ccco2)N2CCCC2)cc1.Cl. The number of halogens is 1.